The normalized spacial score (nSPS) is 12.6. The molecule has 1 heterocycles. The van der Waals surface area contributed by atoms with E-state index in [1.807, 2.05) is 30.3 Å². The van der Waals surface area contributed by atoms with Crippen molar-refractivity contribution in [2.45, 2.75) is 6.42 Å². The van der Waals surface area contributed by atoms with Crippen LogP contribution in [0.5, 0.6) is 17.2 Å². The number of hydrogen-bond donors (Lipinski definition) is 1. The lowest BCUT2D eigenvalue weighted by Gasteiger charge is -2.16. The number of benzene rings is 2. The van der Waals surface area contributed by atoms with Crippen molar-refractivity contribution in [3.8, 4) is 28.4 Å². The molecule has 0 atom stereocenters. The Balaban J connectivity index is 2.13. The van der Waals surface area contributed by atoms with Gasteiger partial charge in [-0.15, -0.1) is 0 Å². The molecule has 3 rings (SSSR count). The average molecular weight is 299 g/mol. The molecule has 114 valence electrons. The van der Waals surface area contributed by atoms with Crippen molar-refractivity contribution in [1.29, 1.82) is 0 Å². The number of nitrogens with one attached hydrogen (secondary N) is 1. The Bertz CT molecular complexity index is 740. The van der Waals surface area contributed by atoms with E-state index in [0.29, 0.717) is 23.7 Å². The molecule has 5 heteroatoms. The van der Waals surface area contributed by atoms with Gasteiger partial charge in [-0.2, -0.15) is 0 Å². The first kappa shape index (κ1) is 14.3. The van der Waals surface area contributed by atoms with Gasteiger partial charge in [0, 0.05) is 11.3 Å². The molecule has 1 aliphatic heterocycles. The fraction of sp³-hybridized carbons (Fsp3) is 0.235. The van der Waals surface area contributed by atoms with Crippen LogP contribution in [0.15, 0.2) is 30.3 Å². The Kier molecular flexibility index (Phi) is 3.63. The topological polar surface area (TPSA) is 56.8 Å². The third-order valence-electron chi connectivity index (χ3n) is 3.75. The maximum atomic E-state index is 11.5. The SMILES string of the molecule is COc1ccc(-c2ccc3c(c2)NC(=O)C3)c(OC)c1OC. The molecule has 5 nitrogen and oxygen atoms in total. The highest BCUT2D eigenvalue weighted by Crippen LogP contribution is 2.45. The first-order valence-electron chi connectivity index (χ1n) is 6.90. The monoisotopic (exact) mass is 299 g/mol. The van der Waals surface area contributed by atoms with Gasteiger partial charge >= 0.3 is 0 Å². The Hall–Kier alpha value is -2.69. The molecule has 0 saturated carbocycles. The van der Waals surface area contributed by atoms with Gasteiger partial charge in [-0.1, -0.05) is 12.1 Å². The van der Waals surface area contributed by atoms with Gasteiger partial charge in [0.1, 0.15) is 0 Å². The number of rotatable bonds is 4. The quantitative estimate of drug-likeness (QED) is 0.943. The predicted octanol–water partition coefficient (Wildman–Crippen LogP) is 2.87. The Labute approximate surface area is 128 Å². The second-order valence-corrected chi connectivity index (χ2v) is 4.98. The summed E-state index contributed by atoms with van der Waals surface area (Å²) in [7, 11) is 4.75. The average Bonchev–Trinajstić information content (AvgIpc) is 2.92. The molecular weight excluding hydrogens is 282 g/mol. The number of carbonyl (C=O) groups excluding carboxylic acids is 1. The molecule has 0 aliphatic carbocycles. The van der Waals surface area contributed by atoms with Crippen molar-refractivity contribution in [3.05, 3.63) is 35.9 Å². The molecule has 0 saturated heterocycles. The fourth-order valence-electron chi connectivity index (χ4n) is 2.71. The molecule has 0 spiro atoms. The minimum Gasteiger partial charge on any atom is -0.493 e. The zero-order valence-corrected chi connectivity index (χ0v) is 12.7. The number of amides is 1. The molecule has 22 heavy (non-hydrogen) atoms. The van der Waals surface area contributed by atoms with Gasteiger partial charge in [0.2, 0.25) is 11.7 Å². The molecule has 0 unspecified atom stereocenters. The van der Waals surface area contributed by atoms with Crippen molar-refractivity contribution in [1.82, 2.24) is 0 Å². The van der Waals surface area contributed by atoms with E-state index in [4.69, 9.17) is 14.2 Å². The van der Waals surface area contributed by atoms with E-state index < -0.39 is 0 Å². The first-order valence-corrected chi connectivity index (χ1v) is 6.90. The molecule has 2 aromatic rings. The number of anilines is 1. The third kappa shape index (κ3) is 2.24. The number of methoxy groups -OCH3 is 3. The molecule has 1 aliphatic rings. The Morgan fingerprint density at radius 2 is 1.73 bits per heavy atom. The second-order valence-electron chi connectivity index (χ2n) is 4.98. The van der Waals surface area contributed by atoms with Gasteiger partial charge in [0.05, 0.1) is 27.8 Å². The molecular formula is C17H17NO4. The van der Waals surface area contributed by atoms with Crippen LogP contribution in [-0.4, -0.2) is 27.2 Å². The van der Waals surface area contributed by atoms with Crippen molar-refractivity contribution < 1.29 is 19.0 Å². The molecule has 0 radical (unpaired) electrons. The summed E-state index contributed by atoms with van der Waals surface area (Å²) in [5.41, 5.74) is 3.68. The van der Waals surface area contributed by atoms with Crippen LogP contribution in [-0.2, 0) is 11.2 Å². The van der Waals surface area contributed by atoms with Gasteiger partial charge in [-0.25, -0.2) is 0 Å². The molecule has 0 bridgehead atoms. The summed E-state index contributed by atoms with van der Waals surface area (Å²) in [6.07, 6.45) is 0.429. The minimum absolute atomic E-state index is 0.0198. The summed E-state index contributed by atoms with van der Waals surface area (Å²) < 4.78 is 16.2. The van der Waals surface area contributed by atoms with Crippen LogP contribution in [0.3, 0.4) is 0 Å². The molecule has 2 aromatic carbocycles. The highest BCUT2D eigenvalue weighted by Gasteiger charge is 2.21. The number of hydrogen-bond acceptors (Lipinski definition) is 4. The van der Waals surface area contributed by atoms with Crippen LogP contribution >= 0.6 is 0 Å². The second kappa shape index (κ2) is 5.60. The van der Waals surface area contributed by atoms with Crippen LogP contribution < -0.4 is 19.5 Å². The standard InChI is InChI=1S/C17H17NO4/c1-20-14-7-6-12(16(21-2)17(14)22-3)10-4-5-11-9-15(19)18-13(11)8-10/h4-8H,9H2,1-3H3,(H,18,19). The van der Waals surface area contributed by atoms with Crippen LogP contribution in [0.4, 0.5) is 5.69 Å². The first-order chi connectivity index (χ1) is 10.7. The zero-order valence-electron chi connectivity index (χ0n) is 12.7. The third-order valence-corrected chi connectivity index (χ3v) is 3.75. The molecule has 1 N–H and O–H groups in total. The summed E-state index contributed by atoms with van der Waals surface area (Å²) >= 11 is 0. The van der Waals surface area contributed by atoms with E-state index in [2.05, 4.69) is 5.32 Å². The smallest absolute Gasteiger partial charge is 0.228 e. The molecule has 0 aromatic heterocycles. The van der Waals surface area contributed by atoms with E-state index in [-0.39, 0.29) is 5.91 Å². The summed E-state index contributed by atoms with van der Waals surface area (Å²) in [5.74, 6) is 1.78. The van der Waals surface area contributed by atoms with Crippen molar-refractivity contribution >= 4 is 11.6 Å². The van der Waals surface area contributed by atoms with E-state index in [0.717, 1.165) is 22.4 Å². The summed E-state index contributed by atoms with van der Waals surface area (Å²) in [5, 5.41) is 2.86. The van der Waals surface area contributed by atoms with E-state index in [1.54, 1.807) is 21.3 Å². The molecule has 0 fully saturated rings. The van der Waals surface area contributed by atoms with Gasteiger partial charge in [0.15, 0.2) is 11.5 Å². The fourth-order valence-corrected chi connectivity index (χ4v) is 2.71. The lowest BCUT2D eigenvalue weighted by Crippen LogP contribution is -2.03. The van der Waals surface area contributed by atoms with Crippen molar-refractivity contribution in [2.24, 2.45) is 0 Å². The maximum absolute atomic E-state index is 11.5. The lowest BCUT2D eigenvalue weighted by molar-refractivity contribution is -0.115. The lowest BCUT2D eigenvalue weighted by atomic mass is 10.0. The highest BCUT2D eigenvalue weighted by atomic mass is 16.5. The Morgan fingerprint density at radius 1 is 0.955 bits per heavy atom. The number of ether oxygens (including phenoxy) is 3. The van der Waals surface area contributed by atoms with Crippen molar-refractivity contribution in [2.75, 3.05) is 26.6 Å². The van der Waals surface area contributed by atoms with Gasteiger partial charge in [-0.05, 0) is 29.3 Å². The summed E-state index contributed by atoms with van der Waals surface area (Å²) in [6, 6.07) is 9.63. The maximum Gasteiger partial charge on any atom is 0.228 e. The minimum atomic E-state index is 0.0198. The van der Waals surface area contributed by atoms with Crippen LogP contribution in [0.25, 0.3) is 11.1 Å². The van der Waals surface area contributed by atoms with E-state index in [9.17, 15) is 4.79 Å². The molecule has 1 amide bonds. The highest BCUT2D eigenvalue weighted by molar-refractivity contribution is 6.00. The number of carbonyl (C=O) groups is 1. The predicted molar refractivity (Wildman–Crippen MR) is 83.9 cm³/mol. The summed E-state index contributed by atoms with van der Waals surface area (Å²) in [6.45, 7) is 0. The van der Waals surface area contributed by atoms with Gasteiger partial charge in [-0.3, -0.25) is 4.79 Å². The summed E-state index contributed by atoms with van der Waals surface area (Å²) in [4.78, 5) is 11.5. The zero-order chi connectivity index (χ0) is 15.7. The van der Waals surface area contributed by atoms with Gasteiger partial charge in [0.25, 0.3) is 0 Å². The van der Waals surface area contributed by atoms with E-state index >= 15 is 0 Å². The van der Waals surface area contributed by atoms with Crippen molar-refractivity contribution in [3.63, 3.8) is 0 Å². The largest absolute Gasteiger partial charge is 0.493 e. The van der Waals surface area contributed by atoms with Crippen LogP contribution in [0.2, 0.25) is 0 Å². The van der Waals surface area contributed by atoms with Crippen LogP contribution in [0, 0.1) is 0 Å². The van der Waals surface area contributed by atoms with E-state index in [1.165, 1.54) is 0 Å². The Morgan fingerprint density at radius 3 is 2.41 bits per heavy atom. The van der Waals surface area contributed by atoms with Crippen LogP contribution in [0.1, 0.15) is 5.56 Å². The van der Waals surface area contributed by atoms with Gasteiger partial charge < -0.3 is 19.5 Å². The number of fused-ring (bicyclic) bond motifs is 1.